The van der Waals surface area contributed by atoms with Crippen molar-refractivity contribution in [3.8, 4) is 0 Å². The summed E-state index contributed by atoms with van der Waals surface area (Å²) in [6, 6.07) is 2.07. The first-order valence-corrected chi connectivity index (χ1v) is 6.10. The van der Waals surface area contributed by atoms with Crippen LogP contribution in [0.25, 0.3) is 0 Å². The summed E-state index contributed by atoms with van der Waals surface area (Å²) < 4.78 is 2.36. The van der Waals surface area contributed by atoms with Gasteiger partial charge in [0, 0.05) is 0 Å². The molecule has 0 nitrogen and oxygen atoms in total. The van der Waals surface area contributed by atoms with Crippen LogP contribution < -0.4 is 0 Å². The van der Waals surface area contributed by atoms with Gasteiger partial charge in [-0.25, -0.2) is 0 Å². The van der Waals surface area contributed by atoms with Crippen molar-refractivity contribution in [3.63, 3.8) is 0 Å². The standard InChI is InChI=1S/C5H6S4/c1-2-7-5-3-4(6)8-9-5/h3H,2H2,1H3. The Labute approximate surface area is 71.3 Å². The van der Waals surface area contributed by atoms with E-state index in [1.54, 1.807) is 20.7 Å². The van der Waals surface area contributed by atoms with Gasteiger partial charge in [-0.2, -0.15) is 0 Å². The highest BCUT2D eigenvalue weighted by Crippen LogP contribution is 2.27. The van der Waals surface area contributed by atoms with Crippen LogP contribution in [0.5, 0.6) is 0 Å². The average Bonchev–Trinajstić information content (AvgIpc) is 2.17. The van der Waals surface area contributed by atoms with E-state index >= 15 is 0 Å². The zero-order valence-corrected chi connectivity index (χ0v) is 8.18. The Hall–Kier alpha value is 0.620. The third-order valence-corrected chi connectivity index (χ3v) is 5.00. The van der Waals surface area contributed by atoms with Gasteiger partial charge in [0.05, 0.1) is 4.21 Å². The van der Waals surface area contributed by atoms with Crippen molar-refractivity contribution in [3.05, 3.63) is 9.89 Å². The molecule has 1 rings (SSSR count). The molecule has 1 heterocycles. The topological polar surface area (TPSA) is 0 Å². The summed E-state index contributed by atoms with van der Waals surface area (Å²) in [6.07, 6.45) is 0. The molecule has 50 valence electrons. The van der Waals surface area contributed by atoms with E-state index in [1.807, 2.05) is 11.8 Å². The summed E-state index contributed by atoms with van der Waals surface area (Å²) in [5.74, 6) is 1.14. The van der Waals surface area contributed by atoms with Crippen molar-refractivity contribution < 1.29 is 0 Å². The Kier molecular flexibility index (Phi) is 3.18. The summed E-state index contributed by atoms with van der Waals surface area (Å²) in [7, 11) is 3.45. The van der Waals surface area contributed by atoms with Gasteiger partial charge in [0.15, 0.2) is 0 Å². The largest absolute Gasteiger partial charge is 0.115 e. The lowest BCUT2D eigenvalue weighted by molar-refractivity contribution is 1.51. The molecular weight excluding hydrogens is 188 g/mol. The van der Waals surface area contributed by atoms with E-state index < -0.39 is 0 Å². The van der Waals surface area contributed by atoms with Crippen molar-refractivity contribution >= 4 is 44.7 Å². The first kappa shape index (κ1) is 7.72. The first-order chi connectivity index (χ1) is 4.33. The van der Waals surface area contributed by atoms with Gasteiger partial charge in [0.2, 0.25) is 0 Å². The van der Waals surface area contributed by atoms with Crippen LogP contribution in [0.4, 0.5) is 0 Å². The van der Waals surface area contributed by atoms with E-state index in [1.165, 1.54) is 4.21 Å². The molecule has 0 atom stereocenters. The van der Waals surface area contributed by atoms with Crippen LogP contribution in [0.15, 0.2) is 10.3 Å². The minimum Gasteiger partial charge on any atom is -0.115 e. The zero-order valence-electron chi connectivity index (χ0n) is 4.92. The first-order valence-electron chi connectivity index (χ1n) is 2.56. The zero-order chi connectivity index (χ0) is 6.69. The molecule has 0 aliphatic rings. The van der Waals surface area contributed by atoms with Gasteiger partial charge in [0.1, 0.15) is 3.82 Å². The summed E-state index contributed by atoms with van der Waals surface area (Å²) in [5.41, 5.74) is 0. The molecule has 0 aliphatic heterocycles. The fourth-order valence-corrected chi connectivity index (χ4v) is 4.21. The summed E-state index contributed by atoms with van der Waals surface area (Å²) in [5, 5.41) is 0. The van der Waals surface area contributed by atoms with Gasteiger partial charge in [0.25, 0.3) is 0 Å². The minimum absolute atomic E-state index is 1.01. The van der Waals surface area contributed by atoms with Gasteiger partial charge >= 0.3 is 0 Å². The fourth-order valence-electron chi connectivity index (χ4n) is 0.434. The highest BCUT2D eigenvalue weighted by molar-refractivity contribution is 8.02. The maximum Gasteiger partial charge on any atom is 0.103 e. The second kappa shape index (κ2) is 3.71. The van der Waals surface area contributed by atoms with Crippen molar-refractivity contribution in [1.29, 1.82) is 0 Å². The Bertz CT molecular complexity index is 221. The number of hydrogen-bond acceptors (Lipinski definition) is 4. The average molecular weight is 194 g/mol. The van der Waals surface area contributed by atoms with Crippen LogP contribution in [0.3, 0.4) is 0 Å². The molecule has 0 fully saturated rings. The van der Waals surface area contributed by atoms with Gasteiger partial charge in [-0.3, -0.25) is 0 Å². The van der Waals surface area contributed by atoms with Crippen molar-refractivity contribution in [2.75, 3.05) is 5.75 Å². The van der Waals surface area contributed by atoms with E-state index in [-0.39, 0.29) is 0 Å². The van der Waals surface area contributed by atoms with E-state index in [4.69, 9.17) is 12.2 Å². The quantitative estimate of drug-likeness (QED) is 0.400. The lowest BCUT2D eigenvalue weighted by Crippen LogP contribution is -1.60. The minimum atomic E-state index is 1.01. The highest BCUT2D eigenvalue weighted by Gasteiger charge is 1.92. The Morgan fingerprint density at radius 1 is 1.67 bits per heavy atom. The normalized spacial score (nSPS) is 9.89. The molecule has 4 heteroatoms. The summed E-state index contributed by atoms with van der Waals surface area (Å²) >= 11 is 6.82. The van der Waals surface area contributed by atoms with Gasteiger partial charge in [-0.1, -0.05) is 39.8 Å². The molecule has 0 bridgehead atoms. The van der Waals surface area contributed by atoms with E-state index in [0.717, 1.165) is 9.58 Å². The van der Waals surface area contributed by atoms with E-state index in [0.29, 0.717) is 0 Å². The Morgan fingerprint density at radius 3 is 2.89 bits per heavy atom. The molecule has 0 saturated carbocycles. The lowest BCUT2D eigenvalue weighted by Gasteiger charge is -1.84. The molecule has 9 heavy (non-hydrogen) atoms. The van der Waals surface area contributed by atoms with E-state index in [9.17, 15) is 0 Å². The maximum absolute atomic E-state index is 4.96. The SMILES string of the molecule is CCSc1cc(=S)ss1. The molecular formula is C5H6S4. The molecule has 0 amide bonds. The van der Waals surface area contributed by atoms with Crippen molar-refractivity contribution in [2.45, 2.75) is 11.1 Å². The van der Waals surface area contributed by atoms with Crippen LogP contribution in [0.1, 0.15) is 6.92 Å². The lowest BCUT2D eigenvalue weighted by atomic mass is 10.8. The van der Waals surface area contributed by atoms with Gasteiger partial charge in [-0.15, -0.1) is 11.8 Å². The van der Waals surface area contributed by atoms with Crippen LogP contribution in [0, 0.1) is 3.82 Å². The second-order valence-electron chi connectivity index (χ2n) is 1.38. The van der Waals surface area contributed by atoms with Gasteiger partial charge in [-0.05, 0) is 11.8 Å². The fraction of sp³-hybridized carbons (Fsp3) is 0.400. The number of hydrogen-bond donors (Lipinski definition) is 0. The molecule has 0 N–H and O–H groups in total. The second-order valence-corrected chi connectivity index (χ2v) is 5.86. The molecule has 0 saturated heterocycles. The predicted molar refractivity (Wildman–Crippen MR) is 49.4 cm³/mol. The molecule has 0 radical (unpaired) electrons. The molecule has 0 unspecified atom stereocenters. The molecule has 1 aromatic rings. The highest BCUT2D eigenvalue weighted by atomic mass is 32.9. The smallest absolute Gasteiger partial charge is 0.103 e. The molecule has 0 aliphatic carbocycles. The number of rotatable bonds is 2. The Morgan fingerprint density at radius 2 is 2.44 bits per heavy atom. The monoisotopic (exact) mass is 194 g/mol. The third-order valence-electron chi connectivity index (χ3n) is 0.728. The Balaban J connectivity index is 2.73. The molecule has 1 aromatic heterocycles. The van der Waals surface area contributed by atoms with Gasteiger partial charge < -0.3 is 0 Å². The van der Waals surface area contributed by atoms with Crippen LogP contribution in [0.2, 0.25) is 0 Å². The van der Waals surface area contributed by atoms with Crippen molar-refractivity contribution in [2.24, 2.45) is 0 Å². The van der Waals surface area contributed by atoms with Crippen LogP contribution in [-0.4, -0.2) is 5.75 Å². The van der Waals surface area contributed by atoms with Crippen molar-refractivity contribution in [1.82, 2.24) is 0 Å². The maximum atomic E-state index is 4.96. The van der Waals surface area contributed by atoms with Crippen LogP contribution >= 0.6 is 44.7 Å². The predicted octanol–water partition coefficient (Wildman–Crippen LogP) is 3.65. The summed E-state index contributed by atoms with van der Waals surface area (Å²) in [4.78, 5) is 0. The molecule has 0 aromatic carbocycles. The third kappa shape index (κ3) is 2.37. The van der Waals surface area contributed by atoms with Crippen LogP contribution in [-0.2, 0) is 0 Å². The number of thioether (sulfide) groups is 1. The molecule has 0 spiro atoms. The summed E-state index contributed by atoms with van der Waals surface area (Å²) in [6.45, 7) is 2.15. The van der Waals surface area contributed by atoms with E-state index in [2.05, 4.69) is 13.0 Å².